The minimum atomic E-state index is -1.07. The van der Waals surface area contributed by atoms with Crippen molar-refractivity contribution in [1.29, 1.82) is 0 Å². The van der Waals surface area contributed by atoms with Crippen LogP contribution in [0.1, 0.15) is 12.8 Å². The molecule has 0 saturated carbocycles. The summed E-state index contributed by atoms with van der Waals surface area (Å²) < 4.78 is 5.03. The number of carbonyl (C=O) groups excluding carboxylic acids is 2. The number of amides is 3. The smallest absolute Gasteiger partial charge is 0.332 e. The number of fused-ring (bicyclic) bond motifs is 1. The Bertz CT molecular complexity index is 612. The fourth-order valence-electron chi connectivity index (χ4n) is 2.89. The number of nitrogens with zero attached hydrogens (tertiary/aromatic N) is 2. The summed E-state index contributed by atoms with van der Waals surface area (Å²) in [6.07, 6.45) is 0.697. The van der Waals surface area contributed by atoms with Gasteiger partial charge in [0.2, 0.25) is 0 Å². The van der Waals surface area contributed by atoms with E-state index in [1.165, 1.54) is 12.0 Å². The van der Waals surface area contributed by atoms with Gasteiger partial charge in [-0.3, -0.25) is 9.69 Å². The average molecular weight is 290 g/mol. The van der Waals surface area contributed by atoms with E-state index >= 15 is 0 Å². The molecule has 2 aliphatic heterocycles. The number of anilines is 1. The van der Waals surface area contributed by atoms with E-state index in [0.29, 0.717) is 24.3 Å². The summed E-state index contributed by atoms with van der Waals surface area (Å²) in [5.41, 5.74) is 0.421. The topological polar surface area (TPSA) is 87.2 Å². The predicted molar refractivity (Wildman–Crippen MR) is 72.2 cm³/mol. The molecule has 2 unspecified atom stereocenters. The van der Waals surface area contributed by atoms with E-state index in [9.17, 15) is 14.4 Å². The number of methoxy groups -OCH3 is 1. The van der Waals surface area contributed by atoms with Crippen LogP contribution in [-0.4, -0.2) is 47.1 Å². The Hall–Kier alpha value is -2.57. The molecule has 3 amide bonds. The lowest BCUT2D eigenvalue weighted by atomic mass is 10.1. The maximum Gasteiger partial charge on any atom is 0.332 e. The second-order valence-corrected chi connectivity index (χ2v) is 5.01. The molecule has 2 atom stereocenters. The zero-order chi connectivity index (χ0) is 15.1. The highest BCUT2D eigenvalue weighted by molar-refractivity contribution is 6.22. The summed E-state index contributed by atoms with van der Waals surface area (Å²) in [5.74, 6) is -0.828. The highest BCUT2D eigenvalue weighted by atomic mass is 16.5. The third-order valence-electron chi connectivity index (χ3n) is 3.92. The van der Waals surface area contributed by atoms with Crippen LogP contribution in [0.4, 0.5) is 10.5 Å². The first-order chi connectivity index (χ1) is 10.0. The van der Waals surface area contributed by atoms with E-state index in [0.717, 1.165) is 4.90 Å². The number of imide groups is 1. The second kappa shape index (κ2) is 4.76. The molecule has 0 spiro atoms. The molecule has 2 saturated heterocycles. The summed E-state index contributed by atoms with van der Waals surface area (Å²) in [6.45, 7) is 0. The average Bonchev–Trinajstić information content (AvgIpc) is 3.01. The Kier molecular flexibility index (Phi) is 3.04. The Labute approximate surface area is 120 Å². The number of hydrogen-bond acceptors (Lipinski definition) is 4. The molecule has 7 heteroatoms. The molecular formula is C14H14N2O5. The molecule has 3 rings (SSSR count). The fraction of sp³-hybridized carbons (Fsp3) is 0.357. The van der Waals surface area contributed by atoms with E-state index in [-0.39, 0.29) is 5.91 Å². The van der Waals surface area contributed by atoms with Gasteiger partial charge in [0, 0.05) is 0 Å². The van der Waals surface area contributed by atoms with Gasteiger partial charge in [0.1, 0.15) is 17.8 Å². The van der Waals surface area contributed by atoms with Gasteiger partial charge in [0.25, 0.3) is 5.91 Å². The van der Waals surface area contributed by atoms with E-state index < -0.39 is 24.1 Å². The van der Waals surface area contributed by atoms with Crippen molar-refractivity contribution in [1.82, 2.24) is 4.90 Å². The normalized spacial score (nSPS) is 24.4. The third kappa shape index (κ3) is 1.93. The minimum Gasteiger partial charge on any atom is -0.497 e. The van der Waals surface area contributed by atoms with E-state index in [2.05, 4.69) is 0 Å². The number of hydrogen-bond donors (Lipinski definition) is 1. The highest BCUT2D eigenvalue weighted by Gasteiger charge is 2.54. The Morgan fingerprint density at radius 1 is 1.24 bits per heavy atom. The highest BCUT2D eigenvalue weighted by Crippen LogP contribution is 2.35. The number of urea groups is 1. The Morgan fingerprint density at radius 2 is 1.90 bits per heavy atom. The van der Waals surface area contributed by atoms with Crippen molar-refractivity contribution in [2.75, 3.05) is 12.0 Å². The van der Waals surface area contributed by atoms with Gasteiger partial charge in [-0.25, -0.2) is 14.5 Å². The number of carbonyl (C=O) groups is 3. The van der Waals surface area contributed by atoms with Crippen LogP contribution < -0.4 is 9.64 Å². The van der Waals surface area contributed by atoms with Gasteiger partial charge in [0.15, 0.2) is 0 Å². The zero-order valence-corrected chi connectivity index (χ0v) is 11.4. The molecule has 2 fully saturated rings. The van der Waals surface area contributed by atoms with Crippen molar-refractivity contribution in [3.05, 3.63) is 24.3 Å². The van der Waals surface area contributed by atoms with Gasteiger partial charge in [0.05, 0.1) is 12.8 Å². The third-order valence-corrected chi connectivity index (χ3v) is 3.92. The Balaban J connectivity index is 1.92. The maximum atomic E-state index is 12.4. The van der Waals surface area contributed by atoms with Crippen molar-refractivity contribution in [3.8, 4) is 5.75 Å². The quantitative estimate of drug-likeness (QED) is 0.842. The molecule has 2 aliphatic rings. The molecule has 0 bridgehead atoms. The van der Waals surface area contributed by atoms with Crippen LogP contribution in [0, 0.1) is 0 Å². The molecule has 110 valence electrons. The maximum absolute atomic E-state index is 12.4. The molecule has 1 aromatic rings. The van der Waals surface area contributed by atoms with Crippen LogP contribution in [0.2, 0.25) is 0 Å². The Morgan fingerprint density at radius 3 is 2.48 bits per heavy atom. The number of rotatable bonds is 3. The van der Waals surface area contributed by atoms with Crippen LogP contribution in [0.25, 0.3) is 0 Å². The van der Waals surface area contributed by atoms with Crippen molar-refractivity contribution < 1.29 is 24.2 Å². The summed E-state index contributed by atoms with van der Waals surface area (Å²) in [4.78, 5) is 38.2. The molecule has 2 heterocycles. The minimum absolute atomic E-state index is 0.313. The van der Waals surface area contributed by atoms with Crippen LogP contribution in [-0.2, 0) is 9.59 Å². The van der Waals surface area contributed by atoms with Gasteiger partial charge in [-0.05, 0) is 37.1 Å². The van der Waals surface area contributed by atoms with Gasteiger partial charge >= 0.3 is 12.0 Å². The van der Waals surface area contributed by atoms with Gasteiger partial charge in [-0.2, -0.15) is 0 Å². The van der Waals surface area contributed by atoms with Crippen LogP contribution in [0.3, 0.4) is 0 Å². The molecular weight excluding hydrogens is 276 g/mol. The lowest BCUT2D eigenvalue weighted by Crippen LogP contribution is -2.42. The lowest BCUT2D eigenvalue weighted by molar-refractivity contribution is -0.141. The summed E-state index contributed by atoms with van der Waals surface area (Å²) in [6, 6.07) is 4.34. The standard InChI is InChI=1S/C14H14N2O5/c1-21-9-4-2-8(3-5-9)15-12(17)10-6-7-11(13(18)19)16(10)14(15)20/h2-5,10-11H,6-7H2,1H3,(H,18,19). The first kappa shape index (κ1) is 13.4. The van der Waals surface area contributed by atoms with Crippen molar-refractivity contribution >= 4 is 23.6 Å². The molecule has 21 heavy (non-hydrogen) atoms. The summed E-state index contributed by atoms with van der Waals surface area (Å²) >= 11 is 0. The van der Waals surface area contributed by atoms with E-state index in [1.54, 1.807) is 24.3 Å². The van der Waals surface area contributed by atoms with Crippen molar-refractivity contribution in [3.63, 3.8) is 0 Å². The number of carboxylic acids is 1. The first-order valence-electron chi connectivity index (χ1n) is 6.57. The fourth-order valence-corrected chi connectivity index (χ4v) is 2.89. The number of benzene rings is 1. The zero-order valence-electron chi connectivity index (χ0n) is 11.4. The van der Waals surface area contributed by atoms with Crippen LogP contribution in [0.15, 0.2) is 24.3 Å². The van der Waals surface area contributed by atoms with Crippen LogP contribution >= 0.6 is 0 Å². The SMILES string of the molecule is COc1ccc(N2C(=O)C3CCC(C(=O)O)N3C2=O)cc1. The molecule has 1 aromatic carbocycles. The van der Waals surface area contributed by atoms with Gasteiger partial charge < -0.3 is 9.84 Å². The van der Waals surface area contributed by atoms with Crippen molar-refractivity contribution in [2.24, 2.45) is 0 Å². The lowest BCUT2D eigenvalue weighted by Gasteiger charge is -2.20. The number of ether oxygens (including phenoxy) is 1. The number of aliphatic carboxylic acids is 1. The molecule has 0 aliphatic carbocycles. The second-order valence-electron chi connectivity index (χ2n) is 5.01. The van der Waals surface area contributed by atoms with Crippen molar-refractivity contribution in [2.45, 2.75) is 24.9 Å². The molecule has 1 N–H and O–H groups in total. The molecule has 0 aromatic heterocycles. The van der Waals surface area contributed by atoms with E-state index in [1.807, 2.05) is 0 Å². The van der Waals surface area contributed by atoms with Crippen LogP contribution in [0.5, 0.6) is 5.75 Å². The monoisotopic (exact) mass is 290 g/mol. The first-order valence-corrected chi connectivity index (χ1v) is 6.57. The summed E-state index contributed by atoms with van der Waals surface area (Å²) in [7, 11) is 1.52. The van der Waals surface area contributed by atoms with E-state index in [4.69, 9.17) is 9.84 Å². The molecule has 0 radical (unpaired) electrons. The number of carboxylic acid groups (broad SMARTS) is 1. The predicted octanol–water partition coefficient (Wildman–Crippen LogP) is 1.08. The van der Waals surface area contributed by atoms with Gasteiger partial charge in [-0.15, -0.1) is 0 Å². The van der Waals surface area contributed by atoms with Gasteiger partial charge in [-0.1, -0.05) is 0 Å². The molecule has 7 nitrogen and oxygen atoms in total. The summed E-state index contributed by atoms with van der Waals surface area (Å²) in [5, 5.41) is 9.15. The largest absolute Gasteiger partial charge is 0.497 e.